The largest absolute Gasteiger partial charge is 0.496 e. The highest BCUT2D eigenvalue weighted by molar-refractivity contribution is 5.89. The molecule has 1 aliphatic carbocycles. The molecule has 0 bridgehead atoms. The van der Waals surface area contributed by atoms with Crippen LogP contribution in [-0.2, 0) is 17.8 Å². The minimum Gasteiger partial charge on any atom is -0.496 e. The number of hydrogen-bond donors (Lipinski definition) is 1. The van der Waals surface area contributed by atoms with Gasteiger partial charge in [-0.3, -0.25) is 4.79 Å². The van der Waals surface area contributed by atoms with Crippen LogP contribution in [0.3, 0.4) is 0 Å². The summed E-state index contributed by atoms with van der Waals surface area (Å²) < 4.78 is 5.39. The van der Waals surface area contributed by atoms with E-state index in [2.05, 4.69) is 0 Å². The molecule has 5 heteroatoms. The first-order chi connectivity index (χ1) is 12.6. The second-order valence-corrected chi connectivity index (χ2v) is 6.53. The van der Waals surface area contributed by atoms with Crippen molar-refractivity contribution in [3.63, 3.8) is 0 Å². The number of ether oxygens (including phenoxy) is 1. The summed E-state index contributed by atoms with van der Waals surface area (Å²) in [4.78, 5) is 26.0. The Kier molecular flexibility index (Phi) is 5.56. The van der Waals surface area contributed by atoms with E-state index in [0.717, 1.165) is 24.2 Å². The Labute approximate surface area is 153 Å². The molecule has 1 fully saturated rings. The van der Waals surface area contributed by atoms with Crippen LogP contribution >= 0.6 is 0 Å². The maximum absolute atomic E-state index is 12.8. The molecule has 1 N–H and O–H groups in total. The van der Waals surface area contributed by atoms with E-state index < -0.39 is 5.97 Å². The van der Waals surface area contributed by atoms with Crippen LogP contribution in [0.1, 0.15) is 40.7 Å². The molecule has 0 unspecified atom stereocenters. The number of carboxylic acid groups (broad SMARTS) is 1. The van der Waals surface area contributed by atoms with Gasteiger partial charge in [-0.2, -0.15) is 0 Å². The molecule has 1 saturated carbocycles. The van der Waals surface area contributed by atoms with Gasteiger partial charge in [-0.15, -0.1) is 0 Å². The summed E-state index contributed by atoms with van der Waals surface area (Å²) in [6.45, 7) is 0.522. The van der Waals surface area contributed by atoms with Crippen molar-refractivity contribution in [3.05, 3.63) is 65.2 Å². The van der Waals surface area contributed by atoms with E-state index in [0.29, 0.717) is 24.9 Å². The molecular weight excluding hydrogens is 330 g/mol. The van der Waals surface area contributed by atoms with Crippen LogP contribution < -0.4 is 4.74 Å². The maximum Gasteiger partial charge on any atom is 0.335 e. The van der Waals surface area contributed by atoms with Crippen molar-refractivity contribution in [1.29, 1.82) is 0 Å². The number of aromatic carboxylic acids is 1. The smallest absolute Gasteiger partial charge is 0.335 e. The first kappa shape index (κ1) is 18.0. The Morgan fingerprint density at radius 1 is 1.08 bits per heavy atom. The van der Waals surface area contributed by atoms with Crippen LogP contribution in [0.4, 0.5) is 0 Å². The fourth-order valence-corrected chi connectivity index (χ4v) is 3.16. The van der Waals surface area contributed by atoms with Crippen LogP contribution in [0.15, 0.2) is 48.5 Å². The summed E-state index contributed by atoms with van der Waals surface area (Å²) in [5, 5.41) is 9.28. The molecule has 0 spiro atoms. The number of aryl methyl sites for hydroxylation is 1. The van der Waals surface area contributed by atoms with E-state index >= 15 is 0 Å². The zero-order valence-corrected chi connectivity index (χ0v) is 14.9. The van der Waals surface area contributed by atoms with Crippen molar-refractivity contribution in [2.45, 2.75) is 38.3 Å². The molecule has 3 rings (SSSR count). The monoisotopic (exact) mass is 353 g/mol. The second-order valence-electron chi connectivity index (χ2n) is 6.53. The Hall–Kier alpha value is -2.82. The number of carboxylic acids is 1. The Morgan fingerprint density at radius 2 is 1.73 bits per heavy atom. The molecule has 5 nitrogen and oxygen atoms in total. The summed E-state index contributed by atoms with van der Waals surface area (Å²) in [5.74, 6) is -0.123. The molecule has 0 heterocycles. The van der Waals surface area contributed by atoms with Crippen molar-refractivity contribution in [1.82, 2.24) is 4.90 Å². The Balaban J connectivity index is 1.69. The van der Waals surface area contributed by atoms with Gasteiger partial charge < -0.3 is 14.7 Å². The van der Waals surface area contributed by atoms with Gasteiger partial charge in [-0.05, 0) is 37.0 Å². The number of amides is 1. The molecule has 0 atom stereocenters. The number of rotatable bonds is 8. The average molecular weight is 353 g/mol. The van der Waals surface area contributed by atoms with Gasteiger partial charge >= 0.3 is 5.97 Å². The lowest BCUT2D eigenvalue weighted by molar-refractivity contribution is -0.132. The third-order valence-corrected chi connectivity index (χ3v) is 4.70. The highest BCUT2D eigenvalue weighted by atomic mass is 16.5. The van der Waals surface area contributed by atoms with Gasteiger partial charge in [0.15, 0.2) is 0 Å². The predicted octanol–water partition coefficient (Wildman–Crippen LogP) is 3.52. The van der Waals surface area contributed by atoms with Crippen LogP contribution in [0.5, 0.6) is 5.75 Å². The quantitative estimate of drug-likeness (QED) is 0.788. The zero-order valence-electron chi connectivity index (χ0n) is 14.9. The number of nitrogens with zero attached hydrogens (tertiary/aromatic N) is 1. The van der Waals surface area contributed by atoms with Crippen LogP contribution in [0.25, 0.3) is 0 Å². The van der Waals surface area contributed by atoms with Gasteiger partial charge in [-0.1, -0.05) is 36.4 Å². The Morgan fingerprint density at radius 3 is 2.38 bits per heavy atom. The number of para-hydroxylation sites is 1. The second kappa shape index (κ2) is 8.04. The lowest BCUT2D eigenvalue weighted by Crippen LogP contribution is -2.33. The van der Waals surface area contributed by atoms with Crippen LogP contribution in [-0.4, -0.2) is 35.0 Å². The SMILES string of the molecule is COc1ccccc1CN(C(=O)CCc1ccccc1C(=O)O)C1CC1. The molecule has 26 heavy (non-hydrogen) atoms. The van der Waals surface area contributed by atoms with E-state index in [4.69, 9.17) is 4.74 Å². The van der Waals surface area contributed by atoms with E-state index in [-0.39, 0.29) is 17.5 Å². The van der Waals surface area contributed by atoms with E-state index in [1.54, 1.807) is 31.4 Å². The first-order valence-corrected chi connectivity index (χ1v) is 8.82. The van der Waals surface area contributed by atoms with Gasteiger partial charge in [0.1, 0.15) is 5.75 Å². The summed E-state index contributed by atoms with van der Waals surface area (Å²) >= 11 is 0. The summed E-state index contributed by atoms with van der Waals surface area (Å²) in [6, 6.07) is 14.9. The molecule has 136 valence electrons. The fraction of sp³-hybridized carbons (Fsp3) is 0.333. The summed E-state index contributed by atoms with van der Waals surface area (Å²) in [5.41, 5.74) is 1.95. The van der Waals surface area contributed by atoms with Gasteiger partial charge in [0, 0.05) is 24.6 Å². The number of hydrogen-bond acceptors (Lipinski definition) is 3. The van der Waals surface area contributed by atoms with Gasteiger partial charge in [0.2, 0.25) is 5.91 Å². The lowest BCUT2D eigenvalue weighted by Gasteiger charge is -2.24. The molecule has 2 aromatic rings. The first-order valence-electron chi connectivity index (χ1n) is 8.82. The minimum absolute atomic E-state index is 0.0543. The zero-order chi connectivity index (χ0) is 18.5. The molecule has 0 aliphatic heterocycles. The third-order valence-electron chi connectivity index (χ3n) is 4.70. The van der Waals surface area contributed by atoms with E-state index in [9.17, 15) is 14.7 Å². The molecular formula is C21H23NO4. The van der Waals surface area contributed by atoms with Crippen molar-refractivity contribution in [2.75, 3.05) is 7.11 Å². The maximum atomic E-state index is 12.8. The summed E-state index contributed by atoms with van der Waals surface area (Å²) in [6.07, 6.45) is 2.77. The molecule has 0 aromatic heterocycles. The number of benzene rings is 2. The Bertz CT molecular complexity index is 798. The van der Waals surface area contributed by atoms with Crippen molar-refractivity contribution >= 4 is 11.9 Å². The fourth-order valence-electron chi connectivity index (χ4n) is 3.16. The van der Waals surface area contributed by atoms with E-state index in [1.165, 1.54) is 0 Å². The molecule has 0 radical (unpaired) electrons. The molecule has 2 aromatic carbocycles. The molecule has 1 aliphatic rings. The van der Waals surface area contributed by atoms with Crippen LogP contribution in [0.2, 0.25) is 0 Å². The normalized spacial score (nSPS) is 13.3. The lowest BCUT2D eigenvalue weighted by atomic mass is 10.0. The van der Waals surface area contributed by atoms with Gasteiger partial charge in [-0.25, -0.2) is 4.79 Å². The van der Waals surface area contributed by atoms with Crippen molar-refractivity contribution < 1.29 is 19.4 Å². The van der Waals surface area contributed by atoms with Crippen molar-refractivity contribution in [2.24, 2.45) is 0 Å². The van der Waals surface area contributed by atoms with Gasteiger partial charge in [0.05, 0.1) is 12.7 Å². The topological polar surface area (TPSA) is 66.8 Å². The molecule has 0 saturated heterocycles. The van der Waals surface area contributed by atoms with Gasteiger partial charge in [0.25, 0.3) is 0 Å². The number of methoxy groups -OCH3 is 1. The standard InChI is InChI=1S/C21H23NO4/c1-26-19-9-5-3-7-16(19)14-22(17-11-12-17)20(23)13-10-15-6-2-4-8-18(15)21(24)25/h2-9,17H,10-14H2,1H3,(H,24,25). The van der Waals surface area contributed by atoms with E-state index in [1.807, 2.05) is 29.2 Å². The average Bonchev–Trinajstić information content (AvgIpc) is 3.49. The number of carbonyl (C=O) groups is 2. The highest BCUT2D eigenvalue weighted by Crippen LogP contribution is 2.31. The minimum atomic E-state index is -0.957. The number of carbonyl (C=O) groups excluding carboxylic acids is 1. The molecule has 1 amide bonds. The highest BCUT2D eigenvalue weighted by Gasteiger charge is 2.32. The summed E-state index contributed by atoms with van der Waals surface area (Å²) in [7, 11) is 1.63. The predicted molar refractivity (Wildman–Crippen MR) is 98.3 cm³/mol. The van der Waals surface area contributed by atoms with Crippen LogP contribution in [0, 0.1) is 0 Å². The third kappa shape index (κ3) is 4.23. The van der Waals surface area contributed by atoms with Crippen molar-refractivity contribution in [3.8, 4) is 5.75 Å².